The maximum absolute atomic E-state index is 9.60. The van der Waals surface area contributed by atoms with Crippen molar-refractivity contribution in [1.29, 1.82) is 5.26 Å². The van der Waals surface area contributed by atoms with Crippen LogP contribution in [0.3, 0.4) is 0 Å². The highest BCUT2D eigenvalue weighted by atomic mass is 35.5. The normalized spacial score (nSPS) is 13.6. The van der Waals surface area contributed by atoms with Crippen LogP contribution in [-0.4, -0.2) is 11.5 Å². The van der Waals surface area contributed by atoms with Crippen molar-refractivity contribution in [3.63, 3.8) is 0 Å². The lowest BCUT2D eigenvalue weighted by Gasteiger charge is -2.22. The molecule has 1 aromatic heterocycles. The second-order valence-corrected chi connectivity index (χ2v) is 8.87. The van der Waals surface area contributed by atoms with Gasteiger partial charge in [0.05, 0.1) is 23.2 Å². The first-order valence-electron chi connectivity index (χ1n) is 9.85. The Morgan fingerprint density at radius 3 is 2.60 bits per heavy atom. The summed E-state index contributed by atoms with van der Waals surface area (Å²) in [6.07, 6.45) is 7.22. The number of fused-ring (bicyclic) bond motifs is 1. The van der Waals surface area contributed by atoms with Crippen molar-refractivity contribution in [3.8, 4) is 18.4 Å². The smallest absolute Gasteiger partial charge is 0.115 e. The van der Waals surface area contributed by atoms with E-state index in [1.165, 1.54) is 6.20 Å². The third-order valence-electron chi connectivity index (χ3n) is 4.40. The van der Waals surface area contributed by atoms with Crippen molar-refractivity contribution in [3.05, 3.63) is 63.8 Å². The van der Waals surface area contributed by atoms with Crippen molar-refractivity contribution in [1.82, 2.24) is 4.98 Å². The Balaban J connectivity index is 2.13. The summed E-state index contributed by atoms with van der Waals surface area (Å²) in [7, 11) is 0. The summed E-state index contributed by atoms with van der Waals surface area (Å²) in [5.41, 5.74) is 2.56. The summed E-state index contributed by atoms with van der Waals surface area (Å²) < 4.78 is 8.80. The van der Waals surface area contributed by atoms with Crippen LogP contribution in [0.25, 0.3) is 10.9 Å². The van der Waals surface area contributed by atoms with E-state index in [1.807, 2.05) is 0 Å². The van der Waals surface area contributed by atoms with E-state index in [1.54, 1.807) is 36.4 Å². The van der Waals surface area contributed by atoms with Crippen LogP contribution < -0.4 is 10.6 Å². The summed E-state index contributed by atoms with van der Waals surface area (Å²) in [5, 5.41) is 17.4. The molecule has 6 heteroatoms. The van der Waals surface area contributed by atoms with Gasteiger partial charge in [0.25, 0.3) is 0 Å². The fourth-order valence-corrected chi connectivity index (χ4v) is 3.45. The molecule has 0 aliphatic carbocycles. The van der Waals surface area contributed by atoms with Gasteiger partial charge in [0.15, 0.2) is 0 Å². The standard InChI is InChI=1S/C24H22Cl2N4/c1-5-21(17-8-6-7-9-19(17)25)30-16-10-18-22(29-14-24(2,3)4)15(12-27)13-28-23(18)20(26)11-16/h1,6-11,13,21,30H,14H2,2-4H3,(H,28,29)/i21D. The molecule has 0 aliphatic rings. The molecule has 3 rings (SSSR count). The predicted octanol–water partition coefficient (Wildman–Crippen LogP) is 6.66. The van der Waals surface area contributed by atoms with Crippen LogP contribution in [0.5, 0.6) is 0 Å². The highest BCUT2D eigenvalue weighted by Crippen LogP contribution is 2.35. The number of anilines is 2. The predicted molar refractivity (Wildman–Crippen MR) is 126 cm³/mol. The SMILES string of the molecule is [2H]C(C#C)(Nc1cc(Cl)c2ncc(C#N)c(NCC(C)(C)C)c2c1)c1ccccc1Cl. The number of pyridine rings is 1. The quantitative estimate of drug-likeness (QED) is 0.438. The molecule has 0 fully saturated rings. The molecule has 152 valence electrons. The van der Waals surface area contributed by atoms with E-state index in [-0.39, 0.29) is 5.41 Å². The number of rotatable bonds is 5. The van der Waals surface area contributed by atoms with Crippen molar-refractivity contribution < 1.29 is 1.37 Å². The van der Waals surface area contributed by atoms with Gasteiger partial charge in [0.1, 0.15) is 12.1 Å². The monoisotopic (exact) mass is 437 g/mol. The minimum absolute atomic E-state index is 0.00810. The minimum Gasteiger partial charge on any atom is -0.383 e. The van der Waals surface area contributed by atoms with E-state index in [4.69, 9.17) is 31.0 Å². The molecule has 1 unspecified atom stereocenters. The number of hydrogen-bond acceptors (Lipinski definition) is 4. The van der Waals surface area contributed by atoms with Gasteiger partial charge in [-0.2, -0.15) is 5.26 Å². The Kier molecular flexibility index (Phi) is 6.00. The molecular weight excluding hydrogens is 415 g/mol. The molecule has 1 heterocycles. The summed E-state index contributed by atoms with van der Waals surface area (Å²) in [4.78, 5) is 4.36. The molecule has 0 saturated heterocycles. The summed E-state index contributed by atoms with van der Waals surface area (Å²) >= 11 is 12.8. The zero-order valence-electron chi connectivity index (χ0n) is 18.0. The average molecular weight is 438 g/mol. The molecular formula is C24H22Cl2N4. The fraction of sp³-hybridized carbons (Fsp3) is 0.250. The van der Waals surface area contributed by atoms with E-state index in [0.717, 1.165) is 0 Å². The van der Waals surface area contributed by atoms with Gasteiger partial charge < -0.3 is 10.6 Å². The molecule has 4 nitrogen and oxygen atoms in total. The van der Waals surface area contributed by atoms with E-state index >= 15 is 0 Å². The summed E-state index contributed by atoms with van der Waals surface area (Å²) in [6, 6.07) is 11.0. The van der Waals surface area contributed by atoms with E-state index < -0.39 is 6.02 Å². The number of nitrogens with zero attached hydrogens (tertiary/aromatic N) is 2. The Morgan fingerprint density at radius 1 is 1.23 bits per heavy atom. The zero-order chi connectivity index (χ0) is 22.8. The van der Waals surface area contributed by atoms with Crippen molar-refractivity contribution >= 4 is 45.5 Å². The number of halogens is 2. The fourth-order valence-electron chi connectivity index (χ4n) is 2.95. The first-order chi connectivity index (χ1) is 14.6. The third-order valence-corrected chi connectivity index (χ3v) is 5.02. The molecule has 0 radical (unpaired) electrons. The molecule has 0 spiro atoms. The summed E-state index contributed by atoms with van der Waals surface area (Å²) in [5.74, 6) is 2.48. The van der Waals surface area contributed by atoms with Crippen molar-refractivity contribution in [2.45, 2.75) is 26.8 Å². The second-order valence-electron chi connectivity index (χ2n) is 8.05. The highest BCUT2D eigenvalue weighted by molar-refractivity contribution is 6.36. The molecule has 0 bridgehead atoms. The largest absolute Gasteiger partial charge is 0.383 e. The van der Waals surface area contributed by atoms with E-state index in [0.29, 0.717) is 50.0 Å². The Hall–Kier alpha value is -2.92. The second kappa shape index (κ2) is 8.84. The van der Waals surface area contributed by atoms with Crippen LogP contribution in [0.2, 0.25) is 10.0 Å². The van der Waals surface area contributed by atoms with Gasteiger partial charge in [-0.1, -0.05) is 68.1 Å². The topological polar surface area (TPSA) is 60.7 Å². The Bertz CT molecular complexity index is 1220. The lowest BCUT2D eigenvalue weighted by atomic mass is 9.96. The van der Waals surface area contributed by atoms with Gasteiger partial charge in [0, 0.05) is 34.4 Å². The lowest BCUT2D eigenvalue weighted by molar-refractivity contribution is 0.443. The van der Waals surface area contributed by atoms with Gasteiger partial charge in [-0.3, -0.25) is 4.98 Å². The molecule has 2 aromatic carbocycles. The number of aromatic nitrogens is 1. The average Bonchev–Trinajstić information content (AvgIpc) is 2.71. The zero-order valence-corrected chi connectivity index (χ0v) is 18.5. The van der Waals surface area contributed by atoms with Crippen LogP contribution in [0, 0.1) is 29.1 Å². The number of hydrogen-bond donors (Lipinski definition) is 2. The first kappa shape index (κ1) is 20.4. The molecule has 2 N–H and O–H groups in total. The molecule has 1 atom stereocenters. The first-order valence-corrected chi connectivity index (χ1v) is 10.1. The van der Waals surface area contributed by atoms with Gasteiger partial charge in [-0.25, -0.2) is 0 Å². The van der Waals surface area contributed by atoms with Crippen LogP contribution in [0.15, 0.2) is 42.6 Å². The van der Waals surface area contributed by atoms with Gasteiger partial charge in [0.2, 0.25) is 0 Å². The van der Waals surface area contributed by atoms with Crippen LogP contribution in [-0.2, 0) is 0 Å². The summed E-state index contributed by atoms with van der Waals surface area (Å²) in [6.45, 7) is 6.93. The minimum atomic E-state index is -1.62. The van der Waals surface area contributed by atoms with Crippen molar-refractivity contribution in [2.75, 3.05) is 17.2 Å². The van der Waals surface area contributed by atoms with Gasteiger partial charge in [-0.05, 0) is 23.6 Å². The third kappa shape index (κ3) is 4.79. The van der Waals surface area contributed by atoms with Gasteiger partial charge in [-0.15, -0.1) is 6.42 Å². The Labute approximate surface area is 188 Å². The molecule has 3 aromatic rings. The van der Waals surface area contributed by atoms with Gasteiger partial charge >= 0.3 is 0 Å². The molecule has 0 saturated carbocycles. The maximum atomic E-state index is 9.60. The van der Waals surface area contributed by atoms with Crippen LogP contribution in [0.1, 0.15) is 39.3 Å². The number of benzene rings is 2. The van der Waals surface area contributed by atoms with E-state index in [2.05, 4.69) is 48.4 Å². The van der Waals surface area contributed by atoms with Crippen LogP contribution >= 0.6 is 23.2 Å². The van der Waals surface area contributed by atoms with Crippen molar-refractivity contribution in [2.24, 2.45) is 5.41 Å². The number of terminal acetylenes is 1. The highest BCUT2D eigenvalue weighted by Gasteiger charge is 2.17. The Morgan fingerprint density at radius 2 is 1.97 bits per heavy atom. The molecule has 0 amide bonds. The number of nitriles is 1. The van der Waals surface area contributed by atoms with E-state index in [9.17, 15) is 5.26 Å². The maximum Gasteiger partial charge on any atom is 0.115 e. The van der Waals surface area contributed by atoms with Crippen LogP contribution in [0.4, 0.5) is 11.4 Å². The lowest BCUT2D eigenvalue weighted by Crippen LogP contribution is -2.19. The number of nitrogens with one attached hydrogen (secondary N) is 2. The molecule has 30 heavy (non-hydrogen) atoms. The molecule has 0 aliphatic heterocycles.